The first kappa shape index (κ1) is 12.7. The van der Waals surface area contributed by atoms with E-state index in [2.05, 4.69) is 0 Å². The normalized spacial score (nSPS) is 26.7. The molecule has 0 aliphatic carbocycles. The quantitative estimate of drug-likeness (QED) is 0.689. The van der Waals surface area contributed by atoms with E-state index in [4.69, 9.17) is 9.47 Å². The van der Waals surface area contributed by atoms with E-state index in [1.165, 1.54) is 13.2 Å². The van der Waals surface area contributed by atoms with Crippen LogP contribution in [0.2, 0.25) is 0 Å². The van der Waals surface area contributed by atoms with Crippen LogP contribution in [0.1, 0.15) is 22.3 Å². The molecule has 21 heavy (non-hydrogen) atoms. The predicted molar refractivity (Wildman–Crippen MR) is 70.9 cm³/mol. The van der Waals surface area contributed by atoms with Crippen LogP contribution in [-0.4, -0.2) is 60.2 Å². The molecule has 8 nitrogen and oxygen atoms in total. The maximum Gasteiger partial charge on any atom is 0.278 e. The molecular weight excluding hydrogens is 278 g/mol. The Labute approximate surface area is 120 Å². The van der Waals surface area contributed by atoms with Crippen molar-refractivity contribution in [2.75, 3.05) is 38.4 Å². The van der Waals surface area contributed by atoms with Gasteiger partial charge in [0.25, 0.3) is 5.91 Å². The summed E-state index contributed by atoms with van der Waals surface area (Å²) in [6, 6.07) is 1.33. The summed E-state index contributed by atoms with van der Waals surface area (Å²) in [5.41, 5.74) is 0.226. The van der Waals surface area contributed by atoms with E-state index in [1.54, 1.807) is 9.58 Å². The highest BCUT2D eigenvalue weighted by molar-refractivity contribution is 5.97. The Morgan fingerprint density at radius 2 is 2.24 bits per heavy atom. The summed E-state index contributed by atoms with van der Waals surface area (Å²) in [4.78, 5) is 26.5. The Balaban J connectivity index is 2.00. The van der Waals surface area contributed by atoms with Crippen LogP contribution in [0, 0.1) is 0 Å². The van der Waals surface area contributed by atoms with E-state index >= 15 is 0 Å². The smallest absolute Gasteiger partial charge is 0.278 e. The number of hydrogen-bond donors (Lipinski definition) is 1. The van der Waals surface area contributed by atoms with Crippen molar-refractivity contribution in [3.8, 4) is 5.75 Å². The van der Waals surface area contributed by atoms with Gasteiger partial charge in [-0.05, 0) is 0 Å². The van der Waals surface area contributed by atoms with Crippen LogP contribution in [0.15, 0.2) is 10.9 Å². The van der Waals surface area contributed by atoms with Gasteiger partial charge >= 0.3 is 0 Å². The van der Waals surface area contributed by atoms with Crippen LogP contribution < -0.4 is 15.2 Å². The number of nitrogens with zero attached hydrogens (tertiary/aromatic N) is 3. The third-order valence-electron chi connectivity index (χ3n) is 4.25. The molecule has 0 saturated carbocycles. The first-order chi connectivity index (χ1) is 10.1. The monoisotopic (exact) mass is 293 g/mol. The number of aliphatic hydroxyl groups excluding tert-OH is 1. The van der Waals surface area contributed by atoms with Crippen molar-refractivity contribution in [1.29, 1.82) is 0 Å². The second-order valence-electron chi connectivity index (χ2n) is 5.32. The highest BCUT2D eigenvalue weighted by Crippen LogP contribution is 2.34. The van der Waals surface area contributed by atoms with Crippen molar-refractivity contribution in [2.24, 2.45) is 0 Å². The van der Waals surface area contributed by atoms with Crippen molar-refractivity contribution < 1.29 is 19.4 Å². The fourth-order valence-corrected chi connectivity index (χ4v) is 3.32. The average molecular weight is 293 g/mol. The van der Waals surface area contributed by atoms with Gasteiger partial charge in [-0.2, -0.15) is 0 Å². The molecule has 0 aromatic carbocycles. The summed E-state index contributed by atoms with van der Waals surface area (Å²) in [5.74, 6) is -0.239. The SMILES string of the molecule is COc1c2n3c(cc1=O)C(O)CN3C1COCCN1C2=O. The zero-order valence-electron chi connectivity index (χ0n) is 11.5. The van der Waals surface area contributed by atoms with E-state index in [0.29, 0.717) is 32.0 Å². The van der Waals surface area contributed by atoms with Crippen LogP contribution in [0.3, 0.4) is 0 Å². The number of ether oxygens (including phenoxy) is 2. The minimum Gasteiger partial charge on any atom is -0.491 e. The molecule has 1 fully saturated rings. The number of hydrogen-bond acceptors (Lipinski definition) is 6. The molecule has 1 aromatic heterocycles. The molecule has 0 radical (unpaired) electrons. The lowest BCUT2D eigenvalue weighted by Crippen LogP contribution is -2.64. The van der Waals surface area contributed by atoms with Gasteiger partial charge in [-0.1, -0.05) is 0 Å². The molecular formula is C13H15N3O5. The fourth-order valence-electron chi connectivity index (χ4n) is 3.32. The summed E-state index contributed by atoms with van der Waals surface area (Å²) in [5, 5.41) is 12.0. The molecule has 1 amide bonds. The first-order valence-electron chi connectivity index (χ1n) is 6.81. The van der Waals surface area contributed by atoms with E-state index in [1.807, 2.05) is 5.01 Å². The van der Waals surface area contributed by atoms with E-state index < -0.39 is 6.10 Å². The summed E-state index contributed by atoms with van der Waals surface area (Å²) in [6.07, 6.45) is -1.07. The van der Waals surface area contributed by atoms with Gasteiger partial charge in [-0.3, -0.25) is 14.6 Å². The van der Waals surface area contributed by atoms with Gasteiger partial charge in [0.2, 0.25) is 5.43 Å². The molecule has 3 aliphatic heterocycles. The topological polar surface area (TPSA) is 84.2 Å². The second kappa shape index (κ2) is 4.22. The van der Waals surface area contributed by atoms with E-state index in [0.717, 1.165) is 0 Å². The largest absolute Gasteiger partial charge is 0.491 e. The maximum absolute atomic E-state index is 12.7. The van der Waals surface area contributed by atoms with Crippen molar-refractivity contribution in [2.45, 2.75) is 12.3 Å². The number of aliphatic hydroxyl groups is 1. The number of fused-ring (bicyclic) bond motifs is 2. The maximum atomic E-state index is 12.7. The van der Waals surface area contributed by atoms with Crippen molar-refractivity contribution >= 4 is 5.91 Å². The van der Waals surface area contributed by atoms with Crippen molar-refractivity contribution in [3.63, 3.8) is 0 Å². The van der Waals surface area contributed by atoms with Gasteiger partial charge < -0.3 is 19.5 Å². The number of methoxy groups -OCH3 is 1. The van der Waals surface area contributed by atoms with Crippen LogP contribution in [-0.2, 0) is 4.74 Å². The lowest BCUT2D eigenvalue weighted by molar-refractivity contribution is -0.0163. The zero-order valence-corrected chi connectivity index (χ0v) is 11.5. The highest BCUT2D eigenvalue weighted by atomic mass is 16.5. The Morgan fingerprint density at radius 1 is 1.43 bits per heavy atom. The lowest BCUT2D eigenvalue weighted by atomic mass is 10.2. The van der Waals surface area contributed by atoms with Crippen molar-refractivity contribution in [1.82, 2.24) is 9.58 Å². The molecule has 4 rings (SSSR count). The van der Waals surface area contributed by atoms with Crippen LogP contribution in [0.4, 0.5) is 0 Å². The minimum atomic E-state index is -0.808. The van der Waals surface area contributed by atoms with E-state index in [-0.39, 0.29) is 28.9 Å². The van der Waals surface area contributed by atoms with Gasteiger partial charge in [-0.25, -0.2) is 4.68 Å². The predicted octanol–water partition coefficient (Wildman–Crippen LogP) is -1.35. The molecule has 3 aliphatic rings. The molecule has 1 saturated heterocycles. The number of morpholine rings is 1. The highest BCUT2D eigenvalue weighted by Gasteiger charge is 2.46. The first-order valence-corrected chi connectivity index (χ1v) is 6.81. The summed E-state index contributed by atoms with van der Waals surface area (Å²) in [6.45, 7) is 1.62. The number of amides is 1. The van der Waals surface area contributed by atoms with Gasteiger partial charge in [0.15, 0.2) is 11.4 Å². The fraction of sp³-hybridized carbons (Fsp3) is 0.538. The number of aromatic nitrogens is 1. The third kappa shape index (κ3) is 1.51. The summed E-state index contributed by atoms with van der Waals surface area (Å²) in [7, 11) is 1.37. The molecule has 112 valence electrons. The minimum absolute atomic E-state index is 0.0211. The van der Waals surface area contributed by atoms with Crippen LogP contribution in [0.25, 0.3) is 0 Å². The molecule has 1 N–H and O–H groups in total. The lowest BCUT2D eigenvalue weighted by Gasteiger charge is -2.46. The molecule has 1 aromatic rings. The third-order valence-corrected chi connectivity index (χ3v) is 4.25. The Morgan fingerprint density at radius 3 is 3.00 bits per heavy atom. The van der Waals surface area contributed by atoms with E-state index in [9.17, 15) is 14.7 Å². The number of rotatable bonds is 1. The number of carbonyl (C=O) groups is 1. The number of carbonyl (C=O) groups excluding carboxylic acids is 1. The van der Waals surface area contributed by atoms with Gasteiger partial charge in [0.1, 0.15) is 12.3 Å². The number of pyridine rings is 1. The summed E-state index contributed by atoms with van der Waals surface area (Å²) >= 11 is 0. The molecule has 8 heteroatoms. The zero-order chi connectivity index (χ0) is 14.7. The molecule has 0 bridgehead atoms. The Kier molecular flexibility index (Phi) is 2.54. The average Bonchev–Trinajstić information content (AvgIpc) is 2.81. The molecule has 2 atom stereocenters. The Bertz CT molecular complexity index is 685. The van der Waals surface area contributed by atoms with Crippen LogP contribution in [0.5, 0.6) is 5.75 Å². The van der Waals surface area contributed by atoms with Gasteiger partial charge in [-0.15, -0.1) is 0 Å². The van der Waals surface area contributed by atoms with Gasteiger partial charge in [0.05, 0.1) is 32.6 Å². The van der Waals surface area contributed by atoms with Crippen LogP contribution >= 0.6 is 0 Å². The second-order valence-corrected chi connectivity index (χ2v) is 5.32. The molecule has 4 heterocycles. The Hall–Kier alpha value is -2.06. The molecule has 2 unspecified atom stereocenters. The van der Waals surface area contributed by atoms with Gasteiger partial charge in [0, 0.05) is 12.6 Å². The summed E-state index contributed by atoms with van der Waals surface area (Å²) < 4.78 is 12.2. The molecule has 0 spiro atoms. The standard InChI is InChI=1S/C13H15N3O5/c1-20-12-8(17)4-7-9(18)5-15-10-6-21-3-2-14(10)13(19)11(12)16(7)15/h4,9-10,18H,2-3,5-6H2,1H3. The van der Waals surface area contributed by atoms with Crippen molar-refractivity contribution in [3.05, 3.63) is 27.7 Å².